The summed E-state index contributed by atoms with van der Waals surface area (Å²) in [5.41, 5.74) is 0. The Morgan fingerprint density at radius 3 is 2.71 bits per heavy atom. The zero-order valence-electron chi connectivity index (χ0n) is 8.76. The Hall–Kier alpha value is -1.02. The topological polar surface area (TPSA) is 89.0 Å². The highest BCUT2D eigenvalue weighted by molar-refractivity contribution is 9.10. The lowest BCUT2D eigenvalue weighted by Gasteiger charge is -2.07. The third-order valence-electron chi connectivity index (χ3n) is 2.47. The summed E-state index contributed by atoms with van der Waals surface area (Å²) in [5.74, 6) is -0.476. The highest BCUT2D eigenvalue weighted by Crippen LogP contribution is 2.19. The summed E-state index contributed by atoms with van der Waals surface area (Å²) in [6, 6.07) is 0. The van der Waals surface area contributed by atoms with Gasteiger partial charge >= 0.3 is 0 Å². The first-order valence-corrected chi connectivity index (χ1v) is 7.56. The summed E-state index contributed by atoms with van der Waals surface area (Å²) < 4.78 is 23.0. The minimum absolute atomic E-state index is 0.0805. The second-order valence-electron chi connectivity index (χ2n) is 3.81. The number of carbonyl (C=O) groups excluding carboxylic acids is 1. The maximum Gasteiger partial charge on any atom is 0.229 e. The molecule has 92 valence electrons. The van der Waals surface area contributed by atoms with E-state index in [2.05, 4.69) is 31.2 Å². The van der Waals surface area contributed by atoms with E-state index in [1.807, 2.05) is 0 Å². The van der Waals surface area contributed by atoms with Gasteiger partial charge in [-0.15, -0.1) is 0 Å². The van der Waals surface area contributed by atoms with E-state index in [-0.39, 0.29) is 17.4 Å². The number of aromatic nitrogens is 2. The number of anilines is 1. The van der Waals surface area contributed by atoms with Gasteiger partial charge in [0.1, 0.15) is 4.60 Å². The van der Waals surface area contributed by atoms with Crippen molar-refractivity contribution in [1.82, 2.24) is 9.97 Å². The van der Waals surface area contributed by atoms with Crippen molar-refractivity contribution in [2.45, 2.75) is 6.42 Å². The minimum atomic E-state index is -3.04. The van der Waals surface area contributed by atoms with Crippen LogP contribution < -0.4 is 5.32 Å². The average Bonchev–Trinajstić information content (AvgIpc) is 2.62. The van der Waals surface area contributed by atoms with Crippen LogP contribution in [0.3, 0.4) is 0 Å². The van der Waals surface area contributed by atoms with Gasteiger partial charge in [-0.2, -0.15) is 0 Å². The highest BCUT2D eigenvalue weighted by Gasteiger charge is 2.33. The van der Waals surface area contributed by atoms with Gasteiger partial charge in [0.25, 0.3) is 0 Å². The zero-order chi connectivity index (χ0) is 12.5. The van der Waals surface area contributed by atoms with Crippen LogP contribution in [-0.4, -0.2) is 35.8 Å². The smallest absolute Gasteiger partial charge is 0.229 e. The Balaban J connectivity index is 2.01. The number of hydrogen-bond acceptors (Lipinski definition) is 5. The molecule has 1 atom stereocenters. The standard InChI is InChI=1S/C9H10BrN3O3S/c10-7-3-12-8(4-11-7)13-9(14)6-1-2-17(15,16)5-6/h3-4,6H,1-2,5H2,(H,12,13,14). The molecule has 1 aromatic heterocycles. The van der Waals surface area contributed by atoms with Gasteiger partial charge in [-0.05, 0) is 22.4 Å². The lowest BCUT2D eigenvalue weighted by molar-refractivity contribution is -0.119. The van der Waals surface area contributed by atoms with E-state index in [0.717, 1.165) is 0 Å². The van der Waals surface area contributed by atoms with Crippen molar-refractivity contribution >= 4 is 37.5 Å². The highest BCUT2D eigenvalue weighted by atomic mass is 79.9. The van der Waals surface area contributed by atoms with Crippen molar-refractivity contribution in [3.63, 3.8) is 0 Å². The van der Waals surface area contributed by atoms with Crippen LogP contribution in [0.2, 0.25) is 0 Å². The van der Waals surface area contributed by atoms with Crippen molar-refractivity contribution < 1.29 is 13.2 Å². The van der Waals surface area contributed by atoms with Gasteiger partial charge in [0, 0.05) is 0 Å². The summed E-state index contributed by atoms with van der Waals surface area (Å²) in [6.45, 7) is 0. The molecule has 0 spiro atoms. The van der Waals surface area contributed by atoms with Crippen LogP contribution in [0.1, 0.15) is 6.42 Å². The summed E-state index contributed by atoms with van der Waals surface area (Å²) in [7, 11) is -3.04. The lowest BCUT2D eigenvalue weighted by Crippen LogP contribution is -2.24. The molecule has 1 amide bonds. The maximum atomic E-state index is 11.7. The Morgan fingerprint density at radius 2 is 2.18 bits per heavy atom. The Bertz CT molecular complexity index is 529. The third kappa shape index (κ3) is 3.22. The first-order valence-electron chi connectivity index (χ1n) is 4.95. The number of halogens is 1. The molecule has 2 rings (SSSR count). The van der Waals surface area contributed by atoms with Crippen LogP contribution in [0.4, 0.5) is 5.82 Å². The number of hydrogen-bond donors (Lipinski definition) is 1. The monoisotopic (exact) mass is 319 g/mol. The molecule has 0 saturated carbocycles. The average molecular weight is 320 g/mol. The minimum Gasteiger partial charge on any atom is -0.309 e. The molecule has 0 bridgehead atoms. The van der Waals surface area contributed by atoms with Gasteiger partial charge in [-0.25, -0.2) is 18.4 Å². The van der Waals surface area contributed by atoms with Crippen molar-refractivity contribution in [1.29, 1.82) is 0 Å². The predicted molar refractivity (Wildman–Crippen MR) is 65.1 cm³/mol. The van der Waals surface area contributed by atoms with Crippen molar-refractivity contribution in [3.8, 4) is 0 Å². The number of nitrogens with one attached hydrogen (secondary N) is 1. The number of nitrogens with zero attached hydrogens (tertiary/aromatic N) is 2. The van der Waals surface area contributed by atoms with Gasteiger partial charge < -0.3 is 5.32 Å². The molecule has 6 nitrogen and oxygen atoms in total. The van der Waals surface area contributed by atoms with Gasteiger partial charge in [0.05, 0.1) is 29.8 Å². The predicted octanol–water partition coefficient (Wildman–Crippen LogP) is 0.612. The van der Waals surface area contributed by atoms with E-state index in [9.17, 15) is 13.2 Å². The summed E-state index contributed by atoms with van der Waals surface area (Å²) in [6.07, 6.45) is 3.24. The van der Waals surface area contributed by atoms with Gasteiger partial charge in [0.15, 0.2) is 15.7 Å². The Kier molecular flexibility index (Phi) is 3.43. The number of amides is 1. The summed E-state index contributed by atoms with van der Waals surface area (Å²) in [5, 5.41) is 2.55. The molecule has 0 aliphatic carbocycles. The van der Waals surface area contributed by atoms with E-state index in [4.69, 9.17) is 0 Å². The van der Waals surface area contributed by atoms with Crippen LogP contribution in [0.25, 0.3) is 0 Å². The van der Waals surface area contributed by atoms with E-state index in [1.54, 1.807) is 0 Å². The molecular formula is C9H10BrN3O3S. The van der Waals surface area contributed by atoms with Crippen LogP contribution >= 0.6 is 15.9 Å². The number of rotatable bonds is 2. The van der Waals surface area contributed by atoms with Crippen molar-refractivity contribution in [3.05, 3.63) is 17.0 Å². The summed E-state index contributed by atoms with van der Waals surface area (Å²) in [4.78, 5) is 19.6. The van der Waals surface area contributed by atoms with Crippen molar-refractivity contribution in [2.24, 2.45) is 5.92 Å². The Labute approximate surface area is 107 Å². The van der Waals surface area contributed by atoms with E-state index in [0.29, 0.717) is 16.8 Å². The SMILES string of the molecule is O=C(Nc1cnc(Br)cn1)C1CCS(=O)(=O)C1. The molecule has 1 fully saturated rings. The first kappa shape index (κ1) is 12.4. The molecule has 17 heavy (non-hydrogen) atoms. The molecule has 0 aromatic carbocycles. The van der Waals surface area contributed by atoms with Crippen LogP contribution in [-0.2, 0) is 14.6 Å². The molecule has 1 aliphatic heterocycles. The van der Waals surface area contributed by atoms with Crippen LogP contribution in [0.15, 0.2) is 17.0 Å². The first-order chi connectivity index (χ1) is 7.96. The number of carbonyl (C=O) groups is 1. The lowest BCUT2D eigenvalue weighted by atomic mass is 10.1. The van der Waals surface area contributed by atoms with Gasteiger partial charge in [-0.1, -0.05) is 0 Å². The molecule has 1 aromatic rings. The quantitative estimate of drug-likeness (QED) is 0.862. The molecule has 1 saturated heterocycles. The maximum absolute atomic E-state index is 11.7. The van der Waals surface area contributed by atoms with Gasteiger partial charge in [0.2, 0.25) is 5.91 Å². The van der Waals surface area contributed by atoms with Crippen molar-refractivity contribution in [2.75, 3.05) is 16.8 Å². The molecule has 1 N–H and O–H groups in total. The van der Waals surface area contributed by atoms with E-state index < -0.39 is 15.8 Å². The fourth-order valence-corrected chi connectivity index (χ4v) is 3.55. The largest absolute Gasteiger partial charge is 0.309 e. The van der Waals surface area contributed by atoms with Crippen LogP contribution in [0, 0.1) is 5.92 Å². The molecule has 1 unspecified atom stereocenters. The molecule has 8 heteroatoms. The fourth-order valence-electron chi connectivity index (χ4n) is 1.61. The molecular weight excluding hydrogens is 310 g/mol. The normalized spacial score (nSPS) is 22.3. The molecule has 1 aliphatic rings. The molecule has 2 heterocycles. The molecule has 0 radical (unpaired) electrons. The number of sulfone groups is 1. The second-order valence-corrected chi connectivity index (χ2v) is 6.85. The second kappa shape index (κ2) is 4.69. The zero-order valence-corrected chi connectivity index (χ0v) is 11.2. The fraction of sp³-hybridized carbons (Fsp3) is 0.444. The van der Waals surface area contributed by atoms with E-state index >= 15 is 0 Å². The van der Waals surface area contributed by atoms with E-state index in [1.165, 1.54) is 12.4 Å². The third-order valence-corrected chi connectivity index (χ3v) is 4.65. The summed E-state index contributed by atoms with van der Waals surface area (Å²) >= 11 is 3.13. The Morgan fingerprint density at radius 1 is 1.41 bits per heavy atom. The van der Waals surface area contributed by atoms with Gasteiger partial charge in [-0.3, -0.25) is 4.79 Å². The van der Waals surface area contributed by atoms with Crippen LogP contribution in [0.5, 0.6) is 0 Å².